The van der Waals surface area contributed by atoms with E-state index in [9.17, 15) is 9.59 Å². The van der Waals surface area contributed by atoms with E-state index < -0.39 is 0 Å². The number of aryl methyl sites for hydroxylation is 1. The highest BCUT2D eigenvalue weighted by atomic mass is 35.5. The van der Waals surface area contributed by atoms with Crippen molar-refractivity contribution in [3.05, 3.63) is 82.5 Å². The maximum Gasteiger partial charge on any atom is 0.257 e. The zero-order chi connectivity index (χ0) is 20.8. The van der Waals surface area contributed by atoms with Gasteiger partial charge in [0, 0.05) is 29.6 Å². The van der Waals surface area contributed by atoms with Crippen LogP contribution in [0.3, 0.4) is 0 Å². The van der Waals surface area contributed by atoms with Crippen LogP contribution in [0.2, 0.25) is 5.02 Å². The maximum atomic E-state index is 12.7. The Morgan fingerprint density at radius 1 is 1.00 bits per heavy atom. The number of carbonyl (C=O) groups is 2. The Balaban J connectivity index is 1.85. The van der Waals surface area contributed by atoms with Crippen molar-refractivity contribution in [1.29, 1.82) is 0 Å². The zero-order valence-corrected chi connectivity index (χ0v) is 17.1. The summed E-state index contributed by atoms with van der Waals surface area (Å²) in [5.74, 6) is -0.565. The van der Waals surface area contributed by atoms with Crippen molar-refractivity contribution in [1.82, 2.24) is 10.3 Å². The summed E-state index contributed by atoms with van der Waals surface area (Å²) in [5.41, 5.74) is 4.34. The number of amides is 2. The molecule has 3 aromatic rings. The van der Waals surface area contributed by atoms with Crippen molar-refractivity contribution in [2.45, 2.75) is 20.3 Å². The number of hydrogen-bond donors (Lipinski definition) is 2. The minimum absolute atomic E-state index is 0.224. The quantitative estimate of drug-likeness (QED) is 0.606. The van der Waals surface area contributed by atoms with Gasteiger partial charge in [0.15, 0.2) is 0 Å². The average molecular weight is 408 g/mol. The number of benzene rings is 2. The second-order valence-electron chi connectivity index (χ2n) is 6.45. The molecule has 2 aromatic carbocycles. The number of hydrogen-bond acceptors (Lipinski definition) is 3. The molecule has 0 fully saturated rings. The number of nitrogens with zero attached hydrogens (tertiary/aromatic N) is 1. The van der Waals surface area contributed by atoms with Crippen LogP contribution in [0.4, 0.5) is 5.69 Å². The maximum absolute atomic E-state index is 12.7. The molecule has 0 aliphatic heterocycles. The summed E-state index contributed by atoms with van der Waals surface area (Å²) < 4.78 is 0. The van der Waals surface area contributed by atoms with Gasteiger partial charge in [-0.2, -0.15) is 0 Å². The lowest BCUT2D eigenvalue weighted by Gasteiger charge is -2.12. The fourth-order valence-electron chi connectivity index (χ4n) is 3.02. The van der Waals surface area contributed by atoms with Crippen LogP contribution in [-0.2, 0) is 6.42 Å². The highest BCUT2D eigenvalue weighted by Gasteiger charge is 2.15. The predicted molar refractivity (Wildman–Crippen MR) is 116 cm³/mol. The van der Waals surface area contributed by atoms with Gasteiger partial charge in [0.1, 0.15) is 0 Å². The third kappa shape index (κ3) is 4.81. The monoisotopic (exact) mass is 407 g/mol. The molecule has 1 heterocycles. The molecule has 0 aliphatic carbocycles. The van der Waals surface area contributed by atoms with Crippen molar-refractivity contribution in [3.8, 4) is 11.3 Å². The smallest absolute Gasteiger partial charge is 0.257 e. The normalized spacial score (nSPS) is 10.4. The summed E-state index contributed by atoms with van der Waals surface area (Å²) in [6, 6.07) is 16.2. The van der Waals surface area contributed by atoms with Crippen LogP contribution in [0.25, 0.3) is 11.3 Å². The second-order valence-corrected chi connectivity index (χ2v) is 6.86. The fourth-order valence-corrected chi connectivity index (χ4v) is 3.29. The van der Waals surface area contributed by atoms with E-state index >= 15 is 0 Å². The summed E-state index contributed by atoms with van der Waals surface area (Å²) in [4.78, 5) is 29.1. The average Bonchev–Trinajstić information content (AvgIpc) is 2.74. The van der Waals surface area contributed by atoms with Crippen molar-refractivity contribution >= 4 is 29.1 Å². The largest absolute Gasteiger partial charge is 0.352 e. The molecule has 1 aromatic heterocycles. The van der Waals surface area contributed by atoms with Crippen LogP contribution in [0, 0.1) is 0 Å². The first-order valence-corrected chi connectivity index (χ1v) is 9.84. The molecule has 0 aliphatic rings. The predicted octanol–water partition coefficient (Wildman–Crippen LogP) is 4.97. The van der Waals surface area contributed by atoms with E-state index in [2.05, 4.69) is 22.5 Å². The van der Waals surface area contributed by atoms with E-state index in [1.165, 1.54) is 6.07 Å². The van der Waals surface area contributed by atoms with Crippen LogP contribution in [0.5, 0.6) is 0 Å². The lowest BCUT2D eigenvalue weighted by atomic mass is 10.0. The van der Waals surface area contributed by atoms with E-state index in [4.69, 9.17) is 11.6 Å². The molecule has 0 spiro atoms. The van der Waals surface area contributed by atoms with Crippen LogP contribution >= 0.6 is 11.6 Å². The topological polar surface area (TPSA) is 71.1 Å². The van der Waals surface area contributed by atoms with Gasteiger partial charge in [0.05, 0.1) is 16.3 Å². The molecule has 0 bridgehead atoms. The Kier molecular flexibility index (Phi) is 6.62. The Bertz CT molecular complexity index is 1040. The third-order valence-corrected chi connectivity index (χ3v) is 4.82. The number of nitrogens with one attached hydrogen (secondary N) is 2. The zero-order valence-electron chi connectivity index (χ0n) is 16.3. The van der Waals surface area contributed by atoms with Crippen molar-refractivity contribution < 1.29 is 9.59 Å². The molecule has 0 radical (unpaired) electrons. The van der Waals surface area contributed by atoms with Gasteiger partial charge in [-0.1, -0.05) is 30.7 Å². The number of aromatic nitrogens is 1. The molecule has 2 amide bonds. The van der Waals surface area contributed by atoms with Crippen LogP contribution in [0.1, 0.15) is 40.1 Å². The van der Waals surface area contributed by atoms with E-state index in [-0.39, 0.29) is 16.8 Å². The number of anilines is 1. The number of halogens is 1. The molecule has 0 saturated carbocycles. The summed E-state index contributed by atoms with van der Waals surface area (Å²) in [5, 5.41) is 5.81. The van der Waals surface area contributed by atoms with E-state index in [1.807, 2.05) is 43.3 Å². The van der Waals surface area contributed by atoms with Gasteiger partial charge < -0.3 is 10.6 Å². The summed E-state index contributed by atoms with van der Waals surface area (Å²) in [6.07, 6.45) is 2.60. The molecule has 0 saturated heterocycles. The van der Waals surface area contributed by atoms with Crippen molar-refractivity contribution in [3.63, 3.8) is 0 Å². The van der Waals surface area contributed by atoms with Gasteiger partial charge in [0.25, 0.3) is 11.8 Å². The van der Waals surface area contributed by atoms with Crippen LogP contribution in [0.15, 0.2) is 60.8 Å². The Morgan fingerprint density at radius 2 is 1.83 bits per heavy atom. The van der Waals surface area contributed by atoms with E-state index in [1.54, 1.807) is 18.3 Å². The van der Waals surface area contributed by atoms with E-state index in [0.717, 1.165) is 23.2 Å². The standard InChI is InChI=1S/C23H22ClN3O2/c1-3-15-8-10-17(14-19(15)21-7-5-6-12-26-21)27-23(29)18-11-9-16(13-20(18)24)22(28)25-4-2/h5-14H,3-4H2,1-2H3,(H,25,28)(H,27,29). The molecular formula is C23H22ClN3O2. The highest BCUT2D eigenvalue weighted by molar-refractivity contribution is 6.34. The molecule has 5 nitrogen and oxygen atoms in total. The first-order chi connectivity index (χ1) is 14.0. The lowest BCUT2D eigenvalue weighted by molar-refractivity contribution is 0.0954. The molecule has 0 atom stereocenters. The molecular weight excluding hydrogens is 386 g/mol. The minimum Gasteiger partial charge on any atom is -0.352 e. The van der Waals surface area contributed by atoms with Crippen molar-refractivity contribution in [2.24, 2.45) is 0 Å². The lowest BCUT2D eigenvalue weighted by Crippen LogP contribution is -2.23. The minimum atomic E-state index is -0.339. The summed E-state index contributed by atoms with van der Waals surface area (Å²) in [7, 11) is 0. The number of rotatable bonds is 6. The van der Waals surface area contributed by atoms with Crippen LogP contribution in [-0.4, -0.2) is 23.3 Å². The molecule has 148 valence electrons. The van der Waals surface area contributed by atoms with E-state index in [0.29, 0.717) is 23.4 Å². The third-order valence-electron chi connectivity index (χ3n) is 4.50. The fraction of sp³-hybridized carbons (Fsp3) is 0.174. The van der Waals surface area contributed by atoms with Crippen molar-refractivity contribution in [2.75, 3.05) is 11.9 Å². The number of pyridine rings is 1. The van der Waals surface area contributed by atoms with Gasteiger partial charge in [-0.25, -0.2) is 0 Å². The van der Waals surface area contributed by atoms with Gasteiger partial charge in [-0.3, -0.25) is 14.6 Å². The summed E-state index contributed by atoms with van der Waals surface area (Å²) in [6.45, 7) is 4.44. The molecule has 2 N–H and O–H groups in total. The first-order valence-electron chi connectivity index (χ1n) is 9.47. The van der Waals surface area contributed by atoms with Gasteiger partial charge >= 0.3 is 0 Å². The highest BCUT2D eigenvalue weighted by Crippen LogP contribution is 2.27. The Labute approximate surface area is 175 Å². The molecule has 29 heavy (non-hydrogen) atoms. The van der Waals surface area contributed by atoms with Gasteiger partial charge in [-0.15, -0.1) is 0 Å². The Morgan fingerprint density at radius 3 is 2.48 bits per heavy atom. The van der Waals surface area contributed by atoms with Gasteiger partial charge in [0.2, 0.25) is 0 Å². The molecule has 6 heteroatoms. The van der Waals surface area contributed by atoms with Crippen LogP contribution < -0.4 is 10.6 Å². The SMILES string of the molecule is CCNC(=O)c1ccc(C(=O)Nc2ccc(CC)c(-c3ccccn3)c2)c(Cl)c1. The second kappa shape index (κ2) is 9.34. The molecule has 0 unspecified atom stereocenters. The Hall–Kier alpha value is -3.18. The van der Waals surface area contributed by atoms with Gasteiger partial charge in [-0.05, 0) is 61.4 Å². The molecule has 3 rings (SSSR count). The summed E-state index contributed by atoms with van der Waals surface area (Å²) >= 11 is 6.26. The first kappa shape index (κ1) is 20.6. The number of carbonyl (C=O) groups excluding carboxylic acids is 2.